The summed E-state index contributed by atoms with van der Waals surface area (Å²) in [5.41, 5.74) is 6.99. The Labute approximate surface area is 187 Å². The largest absolute Gasteiger partial charge is 0.497 e. The van der Waals surface area contributed by atoms with E-state index in [4.69, 9.17) is 14.6 Å². The van der Waals surface area contributed by atoms with Gasteiger partial charge in [-0.3, -0.25) is 9.59 Å². The Hall–Kier alpha value is -3.60. The number of methoxy groups -OCH3 is 1. The molecule has 0 amide bonds. The maximum absolute atomic E-state index is 12.3. The van der Waals surface area contributed by atoms with Gasteiger partial charge in [-0.15, -0.1) is 0 Å². The second-order valence-corrected chi connectivity index (χ2v) is 8.30. The number of ether oxygens (including phenoxy) is 2. The third-order valence-electron chi connectivity index (χ3n) is 5.98. The average molecular weight is 431 g/mol. The van der Waals surface area contributed by atoms with Crippen LogP contribution < -0.4 is 9.47 Å². The van der Waals surface area contributed by atoms with Crippen molar-refractivity contribution >= 4 is 11.8 Å². The van der Waals surface area contributed by atoms with Crippen molar-refractivity contribution < 1.29 is 24.2 Å². The Bertz CT molecular complexity index is 1170. The zero-order chi connectivity index (χ0) is 22.8. The van der Waals surface area contributed by atoms with E-state index in [9.17, 15) is 9.59 Å². The number of benzene rings is 3. The summed E-state index contributed by atoms with van der Waals surface area (Å²) in [4.78, 5) is 23.4. The van der Waals surface area contributed by atoms with E-state index in [-0.39, 0.29) is 24.5 Å². The SMILES string of the molecule is COc1cc(C)c(-c2cccc(COc3ccc4c(c3)C(=O)CC4CC(=O)O)c2)c(C)c1. The number of rotatable bonds is 7. The van der Waals surface area contributed by atoms with Crippen LogP contribution in [-0.2, 0) is 11.4 Å². The first-order valence-electron chi connectivity index (χ1n) is 10.6. The van der Waals surface area contributed by atoms with Gasteiger partial charge in [-0.2, -0.15) is 0 Å². The van der Waals surface area contributed by atoms with Crippen LogP contribution in [0, 0.1) is 13.8 Å². The first-order valence-corrected chi connectivity index (χ1v) is 10.6. The van der Waals surface area contributed by atoms with Gasteiger partial charge in [0, 0.05) is 17.9 Å². The standard InChI is InChI=1S/C27H26O5/c1-16-9-22(31-3)10-17(2)27(16)19-6-4-5-18(11-19)15-32-21-7-8-23-20(13-26(29)30)12-25(28)24(23)14-21/h4-11,14,20H,12-13,15H2,1-3H3,(H,29,30). The van der Waals surface area contributed by atoms with Gasteiger partial charge in [0.15, 0.2) is 5.78 Å². The fourth-order valence-electron chi connectivity index (χ4n) is 4.54. The monoisotopic (exact) mass is 430 g/mol. The molecule has 0 aliphatic heterocycles. The molecule has 0 radical (unpaired) electrons. The molecule has 0 bridgehead atoms. The van der Waals surface area contributed by atoms with E-state index in [0.717, 1.165) is 33.6 Å². The average Bonchev–Trinajstić information content (AvgIpc) is 3.06. The Morgan fingerprint density at radius 2 is 1.78 bits per heavy atom. The van der Waals surface area contributed by atoms with Gasteiger partial charge in [0.2, 0.25) is 0 Å². The fourth-order valence-corrected chi connectivity index (χ4v) is 4.54. The van der Waals surface area contributed by atoms with E-state index in [1.54, 1.807) is 13.2 Å². The lowest BCUT2D eigenvalue weighted by Gasteiger charge is -2.14. The molecule has 1 atom stereocenters. The number of fused-ring (bicyclic) bond motifs is 1. The van der Waals surface area contributed by atoms with Crippen molar-refractivity contribution in [2.45, 2.75) is 39.2 Å². The smallest absolute Gasteiger partial charge is 0.303 e. The lowest BCUT2D eigenvalue weighted by Crippen LogP contribution is -2.03. The molecule has 0 heterocycles. The third kappa shape index (κ3) is 4.37. The van der Waals surface area contributed by atoms with Gasteiger partial charge in [0.25, 0.3) is 0 Å². The highest BCUT2D eigenvalue weighted by Gasteiger charge is 2.31. The zero-order valence-corrected chi connectivity index (χ0v) is 18.5. The van der Waals surface area contributed by atoms with Crippen molar-refractivity contribution in [2.75, 3.05) is 7.11 Å². The minimum Gasteiger partial charge on any atom is -0.497 e. The summed E-state index contributed by atoms with van der Waals surface area (Å²) >= 11 is 0. The van der Waals surface area contributed by atoms with Crippen LogP contribution >= 0.6 is 0 Å². The number of carboxylic acid groups (broad SMARTS) is 1. The van der Waals surface area contributed by atoms with Crippen molar-refractivity contribution in [1.29, 1.82) is 0 Å². The molecule has 3 aromatic carbocycles. The van der Waals surface area contributed by atoms with Crippen molar-refractivity contribution in [3.8, 4) is 22.6 Å². The molecule has 1 N–H and O–H groups in total. The van der Waals surface area contributed by atoms with Crippen molar-refractivity contribution in [2.24, 2.45) is 0 Å². The maximum Gasteiger partial charge on any atom is 0.303 e. The number of aliphatic carboxylic acids is 1. The lowest BCUT2D eigenvalue weighted by molar-refractivity contribution is -0.137. The molecule has 0 fully saturated rings. The number of carbonyl (C=O) groups excluding carboxylic acids is 1. The summed E-state index contributed by atoms with van der Waals surface area (Å²) < 4.78 is 11.4. The highest BCUT2D eigenvalue weighted by atomic mass is 16.5. The van der Waals surface area contributed by atoms with Crippen molar-refractivity contribution in [3.05, 3.63) is 82.4 Å². The predicted octanol–water partition coefficient (Wildman–Crippen LogP) is 5.70. The molecule has 0 saturated heterocycles. The van der Waals surface area contributed by atoms with Crippen LogP contribution in [0.1, 0.15) is 51.4 Å². The number of hydrogen-bond acceptors (Lipinski definition) is 4. The van der Waals surface area contributed by atoms with E-state index in [1.807, 2.05) is 36.4 Å². The first-order chi connectivity index (χ1) is 15.4. The van der Waals surface area contributed by atoms with E-state index >= 15 is 0 Å². The summed E-state index contributed by atoms with van der Waals surface area (Å²) in [5, 5.41) is 9.07. The molecule has 0 spiro atoms. The highest BCUT2D eigenvalue weighted by molar-refractivity contribution is 6.02. The summed E-state index contributed by atoms with van der Waals surface area (Å²) in [6.45, 7) is 4.52. The third-order valence-corrected chi connectivity index (χ3v) is 5.98. The van der Waals surface area contributed by atoms with Crippen LogP contribution in [0.25, 0.3) is 11.1 Å². The second-order valence-electron chi connectivity index (χ2n) is 8.30. The lowest BCUT2D eigenvalue weighted by atomic mass is 9.94. The molecular weight excluding hydrogens is 404 g/mol. The minimum atomic E-state index is -0.891. The van der Waals surface area contributed by atoms with Gasteiger partial charge < -0.3 is 14.6 Å². The van der Waals surface area contributed by atoms with Crippen LogP contribution in [0.2, 0.25) is 0 Å². The van der Waals surface area contributed by atoms with Crippen LogP contribution in [0.5, 0.6) is 11.5 Å². The normalized spacial score (nSPS) is 14.8. The van der Waals surface area contributed by atoms with E-state index in [0.29, 0.717) is 17.9 Å². The molecule has 0 aromatic heterocycles. The molecule has 5 nitrogen and oxygen atoms in total. The van der Waals surface area contributed by atoms with Gasteiger partial charge in [-0.1, -0.05) is 24.3 Å². The molecule has 0 saturated carbocycles. The van der Waals surface area contributed by atoms with Crippen LogP contribution in [-0.4, -0.2) is 24.0 Å². The van der Waals surface area contributed by atoms with E-state index < -0.39 is 5.97 Å². The Morgan fingerprint density at radius 1 is 1.03 bits per heavy atom. The number of hydrogen-bond donors (Lipinski definition) is 1. The molecule has 4 rings (SSSR count). The number of carbonyl (C=O) groups is 2. The molecule has 3 aromatic rings. The van der Waals surface area contributed by atoms with Crippen LogP contribution in [0.4, 0.5) is 0 Å². The van der Waals surface area contributed by atoms with Gasteiger partial charge in [0.1, 0.15) is 18.1 Å². The molecule has 32 heavy (non-hydrogen) atoms. The zero-order valence-electron chi connectivity index (χ0n) is 18.5. The molecule has 164 valence electrons. The second kappa shape index (κ2) is 8.87. The highest BCUT2D eigenvalue weighted by Crippen LogP contribution is 2.37. The molecule has 1 aliphatic carbocycles. The van der Waals surface area contributed by atoms with Gasteiger partial charge in [-0.05, 0) is 77.6 Å². The minimum absolute atomic E-state index is 0.0239. The number of aryl methyl sites for hydroxylation is 2. The Kier molecular flexibility index (Phi) is 5.99. The summed E-state index contributed by atoms with van der Waals surface area (Å²) in [7, 11) is 1.67. The Morgan fingerprint density at radius 3 is 2.47 bits per heavy atom. The van der Waals surface area contributed by atoms with Gasteiger partial charge >= 0.3 is 5.97 Å². The maximum atomic E-state index is 12.3. The Balaban J connectivity index is 1.52. The molecular formula is C27H26O5. The van der Waals surface area contributed by atoms with Crippen LogP contribution in [0.3, 0.4) is 0 Å². The molecule has 1 aliphatic rings. The summed E-state index contributed by atoms with van der Waals surface area (Å²) in [5.74, 6) is 0.286. The number of Topliss-reactive ketones (excluding diaryl/α,β-unsaturated/α-hetero) is 1. The molecule has 5 heteroatoms. The topological polar surface area (TPSA) is 72.8 Å². The molecule has 1 unspecified atom stereocenters. The first kappa shape index (κ1) is 21.6. The van der Waals surface area contributed by atoms with Gasteiger partial charge in [0.05, 0.1) is 13.5 Å². The predicted molar refractivity (Wildman–Crippen MR) is 123 cm³/mol. The quantitative estimate of drug-likeness (QED) is 0.520. The van der Waals surface area contributed by atoms with Crippen molar-refractivity contribution in [3.63, 3.8) is 0 Å². The van der Waals surface area contributed by atoms with Crippen molar-refractivity contribution in [1.82, 2.24) is 0 Å². The summed E-state index contributed by atoms with van der Waals surface area (Å²) in [6.07, 6.45) is 0.212. The van der Waals surface area contributed by atoms with Gasteiger partial charge in [-0.25, -0.2) is 0 Å². The fraction of sp³-hybridized carbons (Fsp3) is 0.259. The number of ketones is 1. The number of carboxylic acids is 1. The summed E-state index contributed by atoms with van der Waals surface area (Å²) in [6, 6.07) is 17.7. The van der Waals surface area contributed by atoms with Crippen LogP contribution in [0.15, 0.2) is 54.6 Å². The van der Waals surface area contributed by atoms with E-state index in [1.165, 1.54) is 5.56 Å². The van der Waals surface area contributed by atoms with E-state index in [2.05, 4.69) is 26.0 Å².